The van der Waals surface area contributed by atoms with Crippen molar-refractivity contribution < 1.29 is 18.3 Å². The molecule has 1 heterocycles. The molecule has 0 unspecified atom stereocenters. The molecule has 1 amide bonds. The summed E-state index contributed by atoms with van der Waals surface area (Å²) in [5.74, 6) is -0.373. The second-order valence-corrected chi connectivity index (χ2v) is 6.95. The number of benzene rings is 2. The molecular formula is C15H15N3O4S. The molecule has 0 bridgehead atoms. The van der Waals surface area contributed by atoms with Gasteiger partial charge < -0.3 is 10.4 Å². The van der Waals surface area contributed by atoms with Gasteiger partial charge in [-0.2, -0.15) is 0 Å². The molecule has 1 aliphatic rings. The van der Waals surface area contributed by atoms with E-state index in [4.69, 9.17) is 0 Å². The molecule has 23 heavy (non-hydrogen) atoms. The van der Waals surface area contributed by atoms with Gasteiger partial charge in [0.2, 0.25) is 10.0 Å². The smallest absolute Gasteiger partial charge is 0.273 e. The Morgan fingerprint density at radius 2 is 1.78 bits per heavy atom. The summed E-state index contributed by atoms with van der Waals surface area (Å²) in [7, 11) is -3.64. The largest absolute Gasteiger partial charge is 0.508 e. The van der Waals surface area contributed by atoms with Gasteiger partial charge in [-0.15, -0.1) is 4.83 Å². The zero-order valence-corrected chi connectivity index (χ0v) is 13.0. The first-order chi connectivity index (χ1) is 10.8. The lowest BCUT2D eigenvalue weighted by molar-refractivity contribution is 0.0633. The van der Waals surface area contributed by atoms with E-state index >= 15 is 0 Å². The van der Waals surface area contributed by atoms with E-state index < -0.39 is 22.1 Å². The summed E-state index contributed by atoms with van der Waals surface area (Å²) in [6, 6.07) is 13.0. The van der Waals surface area contributed by atoms with Crippen LogP contribution in [0.3, 0.4) is 0 Å². The van der Waals surface area contributed by atoms with Crippen molar-refractivity contribution in [2.45, 2.75) is 6.17 Å². The summed E-state index contributed by atoms with van der Waals surface area (Å²) in [4.78, 5) is 14.9. The zero-order valence-electron chi connectivity index (χ0n) is 12.2. The van der Waals surface area contributed by atoms with Gasteiger partial charge >= 0.3 is 0 Å². The van der Waals surface area contributed by atoms with Crippen LogP contribution in [0.25, 0.3) is 0 Å². The third-order valence-electron chi connectivity index (χ3n) is 3.40. The van der Waals surface area contributed by atoms with E-state index in [9.17, 15) is 18.3 Å². The molecule has 0 saturated heterocycles. The number of hydrogen-bond acceptors (Lipinski definition) is 5. The maximum atomic E-state index is 12.7. The van der Waals surface area contributed by atoms with E-state index in [1.165, 1.54) is 12.1 Å². The van der Waals surface area contributed by atoms with Crippen LogP contribution in [0, 0.1) is 0 Å². The Labute approximate surface area is 133 Å². The number of rotatable bonds is 3. The van der Waals surface area contributed by atoms with Crippen molar-refractivity contribution in [2.24, 2.45) is 0 Å². The highest BCUT2D eigenvalue weighted by atomic mass is 32.2. The third-order valence-corrected chi connectivity index (χ3v) is 3.93. The SMILES string of the molecule is CS(=O)(=O)NN1C(=O)c2ccccc2N[C@H]1c1ccc(O)cc1. The fourth-order valence-corrected chi connectivity index (χ4v) is 2.96. The topological polar surface area (TPSA) is 98.7 Å². The fourth-order valence-electron chi connectivity index (χ4n) is 2.42. The van der Waals surface area contributed by atoms with Crippen molar-refractivity contribution in [2.75, 3.05) is 11.6 Å². The maximum Gasteiger partial charge on any atom is 0.273 e. The zero-order chi connectivity index (χ0) is 16.6. The number of phenols is 1. The third kappa shape index (κ3) is 3.13. The Bertz CT molecular complexity index is 849. The molecule has 1 atom stereocenters. The van der Waals surface area contributed by atoms with Gasteiger partial charge in [-0.25, -0.2) is 13.4 Å². The minimum absolute atomic E-state index is 0.0823. The molecule has 3 rings (SSSR count). The molecule has 8 heteroatoms. The van der Waals surface area contributed by atoms with Crippen LogP contribution in [0.1, 0.15) is 22.1 Å². The molecule has 0 spiro atoms. The maximum absolute atomic E-state index is 12.7. The van der Waals surface area contributed by atoms with E-state index in [1.54, 1.807) is 36.4 Å². The Balaban J connectivity index is 2.07. The molecule has 0 fully saturated rings. The van der Waals surface area contributed by atoms with Gasteiger partial charge in [0.15, 0.2) is 0 Å². The molecule has 7 nitrogen and oxygen atoms in total. The average molecular weight is 333 g/mol. The predicted octanol–water partition coefficient (Wildman–Crippen LogP) is 1.42. The molecule has 0 aromatic heterocycles. The summed E-state index contributed by atoms with van der Waals surface area (Å²) in [6.45, 7) is 0. The second kappa shape index (κ2) is 5.56. The second-order valence-electron chi connectivity index (χ2n) is 5.22. The number of fused-ring (bicyclic) bond motifs is 1. The molecule has 2 aromatic rings. The number of hydrogen-bond donors (Lipinski definition) is 3. The number of amides is 1. The first-order valence-electron chi connectivity index (χ1n) is 6.80. The number of carbonyl (C=O) groups is 1. The van der Waals surface area contributed by atoms with Crippen LogP contribution in [0.15, 0.2) is 48.5 Å². The number of carbonyl (C=O) groups excluding carboxylic acids is 1. The van der Waals surface area contributed by atoms with Crippen LogP contribution in [0.4, 0.5) is 5.69 Å². The van der Waals surface area contributed by atoms with E-state index in [0.717, 1.165) is 11.3 Å². The monoisotopic (exact) mass is 333 g/mol. The lowest BCUT2D eigenvalue weighted by Gasteiger charge is -2.37. The van der Waals surface area contributed by atoms with Crippen LogP contribution in [0.2, 0.25) is 0 Å². The van der Waals surface area contributed by atoms with Gasteiger partial charge in [-0.1, -0.05) is 24.3 Å². The number of anilines is 1. The van der Waals surface area contributed by atoms with E-state index in [-0.39, 0.29) is 5.75 Å². The fraction of sp³-hybridized carbons (Fsp3) is 0.133. The number of nitrogens with zero attached hydrogens (tertiary/aromatic N) is 1. The highest BCUT2D eigenvalue weighted by Crippen LogP contribution is 2.32. The highest BCUT2D eigenvalue weighted by Gasteiger charge is 2.34. The number of sulfonamides is 1. The van der Waals surface area contributed by atoms with Crippen LogP contribution in [-0.4, -0.2) is 30.7 Å². The molecule has 2 aromatic carbocycles. The molecule has 0 aliphatic carbocycles. The van der Waals surface area contributed by atoms with Gasteiger partial charge in [0.1, 0.15) is 11.9 Å². The van der Waals surface area contributed by atoms with Crippen LogP contribution < -0.4 is 10.1 Å². The van der Waals surface area contributed by atoms with Gasteiger partial charge in [0.05, 0.1) is 11.8 Å². The number of hydrazine groups is 1. The summed E-state index contributed by atoms with van der Waals surface area (Å²) in [6.07, 6.45) is 0.252. The minimum atomic E-state index is -3.64. The van der Waals surface area contributed by atoms with Gasteiger partial charge in [0, 0.05) is 5.69 Å². The van der Waals surface area contributed by atoms with Gasteiger partial charge in [-0.3, -0.25) is 4.79 Å². The van der Waals surface area contributed by atoms with E-state index in [2.05, 4.69) is 10.1 Å². The van der Waals surface area contributed by atoms with Gasteiger partial charge in [-0.05, 0) is 29.8 Å². The summed E-state index contributed by atoms with van der Waals surface area (Å²) in [5, 5.41) is 13.6. The minimum Gasteiger partial charge on any atom is -0.508 e. The Kier molecular flexibility index (Phi) is 3.70. The van der Waals surface area contributed by atoms with Crippen molar-refractivity contribution in [3.05, 3.63) is 59.7 Å². The summed E-state index contributed by atoms with van der Waals surface area (Å²) in [5.41, 5.74) is 1.61. The summed E-state index contributed by atoms with van der Waals surface area (Å²) >= 11 is 0. The quantitative estimate of drug-likeness (QED) is 0.789. The van der Waals surface area contributed by atoms with Crippen molar-refractivity contribution in [1.82, 2.24) is 9.84 Å². The molecule has 0 saturated carbocycles. The lowest BCUT2D eigenvalue weighted by Crippen LogP contribution is -2.52. The predicted molar refractivity (Wildman–Crippen MR) is 85.1 cm³/mol. The molecular weight excluding hydrogens is 318 g/mol. The molecule has 3 N–H and O–H groups in total. The van der Waals surface area contributed by atoms with Crippen molar-refractivity contribution in [1.29, 1.82) is 0 Å². The average Bonchev–Trinajstić information content (AvgIpc) is 2.50. The summed E-state index contributed by atoms with van der Waals surface area (Å²) < 4.78 is 23.2. The Morgan fingerprint density at radius 3 is 2.43 bits per heavy atom. The first kappa shape index (κ1) is 15.3. The van der Waals surface area contributed by atoms with Crippen molar-refractivity contribution >= 4 is 21.6 Å². The van der Waals surface area contributed by atoms with Crippen LogP contribution >= 0.6 is 0 Å². The van der Waals surface area contributed by atoms with Crippen molar-refractivity contribution in [3.63, 3.8) is 0 Å². The van der Waals surface area contributed by atoms with E-state index in [1.807, 2.05) is 0 Å². The van der Waals surface area contributed by atoms with Crippen molar-refractivity contribution in [3.8, 4) is 5.75 Å². The molecule has 1 aliphatic heterocycles. The molecule has 0 radical (unpaired) electrons. The first-order valence-corrected chi connectivity index (χ1v) is 8.70. The highest BCUT2D eigenvalue weighted by molar-refractivity contribution is 7.88. The number of phenolic OH excluding ortho intramolecular Hbond substituents is 1. The van der Waals surface area contributed by atoms with E-state index in [0.29, 0.717) is 16.8 Å². The van der Waals surface area contributed by atoms with Crippen LogP contribution in [-0.2, 0) is 10.0 Å². The molecule has 120 valence electrons. The number of para-hydroxylation sites is 1. The number of nitrogens with one attached hydrogen (secondary N) is 2. The lowest BCUT2D eigenvalue weighted by atomic mass is 10.1. The standard InChI is InChI=1S/C15H15N3O4S/c1-23(21,22)17-18-14(10-6-8-11(19)9-7-10)16-13-5-3-2-4-12(13)15(18)20/h2-9,14,16-17,19H,1H3/t14-/m1/s1. The normalized spacial score (nSPS) is 17.5. The van der Waals surface area contributed by atoms with Crippen LogP contribution in [0.5, 0.6) is 5.75 Å². The Morgan fingerprint density at radius 1 is 1.13 bits per heavy atom. The Hall–Kier alpha value is -2.58. The van der Waals surface area contributed by atoms with Gasteiger partial charge in [0.25, 0.3) is 5.91 Å². The number of aromatic hydroxyl groups is 1.